The number of carbonyl (C=O) groups is 2. The number of aryl methyl sites for hydroxylation is 1. The standard InChI is InChI=1S/C17H24N2O5S/c1-25(23,24)19-10-8-14(9-11-19)12-18-16(20)7-4-13-2-5-15(6-3-13)17(21)22/h2-3,5-6,14H,4,7-12H2,1H3,(H,18,20)(H,21,22). The quantitative estimate of drug-likeness (QED) is 0.750. The van der Waals surface area contributed by atoms with Gasteiger partial charge in [-0.15, -0.1) is 0 Å². The van der Waals surface area contributed by atoms with E-state index < -0.39 is 16.0 Å². The van der Waals surface area contributed by atoms with Gasteiger partial charge >= 0.3 is 5.97 Å². The van der Waals surface area contributed by atoms with Gasteiger partial charge in [0.15, 0.2) is 0 Å². The van der Waals surface area contributed by atoms with Gasteiger partial charge in [-0.25, -0.2) is 17.5 Å². The van der Waals surface area contributed by atoms with E-state index in [0.29, 0.717) is 38.4 Å². The Morgan fingerprint density at radius 2 is 1.80 bits per heavy atom. The molecule has 0 aromatic heterocycles. The highest BCUT2D eigenvalue weighted by Crippen LogP contribution is 2.18. The van der Waals surface area contributed by atoms with E-state index >= 15 is 0 Å². The van der Waals surface area contributed by atoms with Crippen molar-refractivity contribution in [3.63, 3.8) is 0 Å². The normalized spacial score (nSPS) is 16.5. The van der Waals surface area contributed by atoms with E-state index in [0.717, 1.165) is 18.4 Å². The van der Waals surface area contributed by atoms with Crippen molar-refractivity contribution in [2.45, 2.75) is 25.7 Å². The number of nitrogens with zero attached hydrogens (tertiary/aromatic N) is 1. The molecule has 1 saturated heterocycles. The number of nitrogens with one attached hydrogen (secondary N) is 1. The Labute approximate surface area is 148 Å². The molecule has 0 saturated carbocycles. The molecule has 1 aromatic carbocycles. The minimum absolute atomic E-state index is 0.0483. The van der Waals surface area contributed by atoms with Crippen molar-refractivity contribution in [1.82, 2.24) is 9.62 Å². The molecule has 1 fully saturated rings. The van der Waals surface area contributed by atoms with E-state index in [-0.39, 0.29) is 11.5 Å². The first-order valence-electron chi connectivity index (χ1n) is 8.30. The Morgan fingerprint density at radius 1 is 1.20 bits per heavy atom. The van der Waals surface area contributed by atoms with Crippen molar-refractivity contribution in [3.8, 4) is 0 Å². The fraction of sp³-hybridized carbons (Fsp3) is 0.529. The molecule has 1 aromatic rings. The zero-order chi connectivity index (χ0) is 18.4. The van der Waals surface area contributed by atoms with Gasteiger partial charge in [-0.1, -0.05) is 12.1 Å². The monoisotopic (exact) mass is 368 g/mol. The van der Waals surface area contributed by atoms with E-state index in [9.17, 15) is 18.0 Å². The SMILES string of the molecule is CS(=O)(=O)N1CCC(CNC(=O)CCc2ccc(C(=O)O)cc2)CC1. The Bertz CT molecular complexity index is 707. The smallest absolute Gasteiger partial charge is 0.335 e. The van der Waals surface area contributed by atoms with Crippen molar-refractivity contribution < 1.29 is 23.1 Å². The summed E-state index contributed by atoms with van der Waals surface area (Å²) in [7, 11) is -3.12. The molecule has 0 radical (unpaired) electrons. The lowest BCUT2D eigenvalue weighted by Crippen LogP contribution is -2.41. The summed E-state index contributed by atoms with van der Waals surface area (Å²) in [5, 5.41) is 11.8. The summed E-state index contributed by atoms with van der Waals surface area (Å²) in [4.78, 5) is 22.7. The molecule has 1 aliphatic heterocycles. The third-order valence-electron chi connectivity index (χ3n) is 4.47. The summed E-state index contributed by atoms with van der Waals surface area (Å²) in [6.45, 7) is 1.58. The molecule has 0 unspecified atom stereocenters. The highest BCUT2D eigenvalue weighted by atomic mass is 32.2. The lowest BCUT2D eigenvalue weighted by Gasteiger charge is -2.30. The van der Waals surface area contributed by atoms with Crippen molar-refractivity contribution in [3.05, 3.63) is 35.4 Å². The van der Waals surface area contributed by atoms with Crippen molar-refractivity contribution in [2.24, 2.45) is 5.92 Å². The van der Waals surface area contributed by atoms with Gasteiger partial charge in [-0.05, 0) is 42.9 Å². The van der Waals surface area contributed by atoms with E-state index in [1.807, 2.05) is 0 Å². The number of hydrogen-bond acceptors (Lipinski definition) is 4. The van der Waals surface area contributed by atoms with Crippen LogP contribution in [0, 0.1) is 5.92 Å². The Kier molecular flexibility index (Phi) is 6.55. The molecule has 1 heterocycles. The first-order valence-corrected chi connectivity index (χ1v) is 10.1. The Balaban J connectivity index is 1.68. The molecular formula is C17H24N2O5S. The van der Waals surface area contributed by atoms with Gasteiger partial charge in [0, 0.05) is 26.1 Å². The molecule has 0 aliphatic carbocycles. The number of sulfonamides is 1. The molecule has 2 N–H and O–H groups in total. The van der Waals surface area contributed by atoms with Crippen LogP contribution in [0.25, 0.3) is 0 Å². The fourth-order valence-corrected chi connectivity index (χ4v) is 3.74. The van der Waals surface area contributed by atoms with Crippen molar-refractivity contribution >= 4 is 21.9 Å². The number of aromatic carboxylic acids is 1. The van der Waals surface area contributed by atoms with Crippen LogP contribution in [0.15, 0.2) is 24.3 Å². The predicted octanol–water partition coefficient (Wildman–Crippen LogP) is 1.11. The maximum Gasteiger partial charge on any atom is 0.335 e. The molecule has 0 atom stereocenters. The van der Waals surface area contributed by atoms with Gasteiger partial charge in [0.1, 0.15) is 0 Å². The first kappa shape index (κ1) is 19.4. The van der Waals surface area contributed by atoms with Gasteiger partial charge in [0.2, 0.25) is 15.9 Å². The van der Waals surface area contributed by atoms with Crippen LogP contribution in [0.2, 0.25) is 0 Å². The molecule has 0 spiro atoms. The summed E-state index contributed by atoms with van der Waals surface area (Å²) in [6.07, 6.45) is 3.62. The van der Waals surface area contributed by atoms with E-state index in [4.69, 9.17) is 5.11 Å². The maximum absolute atomic E-state index is 11.9. The van der Waals surface area contributed by atoms with E-state index in [2.05, 4.69) is 5.32 Å². The van der Waals surface area contributed by atoms with Crippen molar-refractivity contribution in [2.75, 3.05) is 25.9 Å². The van der Waals surface area contributed by atoms with Crippen LogP contribution in [0.1, 0.15) is 35.2 Å². The lowest BCUT2D eigenvalue weighted by atomic mass is 9.98. The Hall–Kier alpha value is -1.93. The van der Waals surface area contributed by atoms with Crippen LogP contribution in [0.4, 0.5) is 0 Å². The minimum atomic E-state index is -3.12. The van der Waals surface area contributed by atoms with Crippen LogP contribution in [0.3, 0.4) is 0 Å². The number of rotatable bonds is 7. The van der Waals surface area contributed by atoms with Gasteiger partial charge in [-0.2, -0.15) is 0 Å². The second kappa shape index (κ2) is 8.44. The third-order valence-corrected chi connectivity index (χ3v) is 5.78. The van der Waals surface area contributed by atoms with Crippen LogP contribution in [0.5, 0.6) is 0 Å². The summed E-state index contributed by atoms with van der Waals surface area (Å²) in [6, 6.07) is 6.51. The molecule has 8 heteroatoms. The summed E-state index contributed by atoms with van der Waals surface area (Å²) >= 11 is 0. The molecule has 0 bridgehead atoms. The molecule has 25 heavy (non-hydrogen) atoms. The van der Waals surface area contributed by atoms with E-state index in [1.165, 1.54) is 22.7 Å². The highest BCUT2D eigenvalue weighted by molar-refractivity contribution is 7.88. The summed E-state index contributed by atoms with van der Waals surface area (Å²) in [5.41, 5.74) is 1.15. The summed E-state index contributed by atoms with van der Waals surface area (Å²) < 4.78 is 24.4. The Morgan fingerprint density at radius 3 is 2.32 bits per heavy atom. The number of amides is 1. The molecule has 2 rings (SSSR count). The van der Waals surface area contributed by atoms with Crippen molar-refractivity contribution in [1.29, 1.82) is 0 Å². The predicted molar refractivity (Wildman–Crippen MR) is 93.9 cm³/mol. The van der Waals surface area contributed by atoms with Gasteiger partial charge in [0.25, 0.3) is 0 Å². The summed E-state index contributed by atoms with van der Waals surface area (Å²) in [5.74, 6) is -0.712. The number of carboxylic acid groups (broad SMARTS) is 1. The average molecular weight is 368 g/mol. The maximum atomic E-state index is 11.9. The number of carbonyl (C=O) groups excluding carboxylic acids is 1. The van der Waals surface area contributed by atoms with Gasteiger partial charge in [-0.3, -0.25) is 4.79 Å². The largest absolute Gasteiger partial charge is 0.478 e. The first-order chi connectivity index (χ1) is 11.8. The number of hydrogen-bond donors (Lipinski definition) is 2. The second-order valence-electron chi connectivity index (χ2n) is 6.41. The van der Waals surface area contributed by atoms with Crippen LogP contribution >= 0.6 is 0 Å². The zero-order valence-corrected chi connectivity index (χ0v) is 15.1. The number of piperidine rings is 1. The van der Waals surface area contributed by atoms with Gasteiger partial charge in [0.05, 0.1) is 11.8 Å². The highest BCUT2D eigenvalue weighted by Gasteiger charge is 2.24. The topological polar surface area (TPSA) is 104 Å². The zero-order valence-electron chi connectivity index (χ0n) is 14.3. The molecule has 1 aliphatic rings. The number of benzene rings is 1. The molecule has 138 valence electrons. The average Bonchev–Trinajstić information content (AvgIpc) is 2.58. The van der Waals surface area contributed by atoms with Crippen LogP contribution < -0.4 is 5.32 Å². The minimum Gasteiger partial charge on any atom is -0.478 e. The third kappa shape index (κ3) is 6.13. The molecule has 7 nitrogen and oxygen atoms in total. The van der Waals surface area contributed by atoms with E-state index in [1.54, 1.807) is 12.1 Å². The molecular weight excluding hydrogens is 344 g/mol. The van der Waals surface area contributed by atoms with Gasteiger partial charge < -0.3 is 10.4 Å². The fourth-order valence-electron chi connectivity index (χ4n) is 2.86. The number of carboxylic acids is 1. The van der Waals surface area contributed by atoms with Crippen LogP contribution in [-0.2, 0) is 21.2 Å². The molecule has 1 amide bonds. The lowest BCUT2D eigenvalue weighted by molar-refractivity contribution is -0.121. The second-order valence-corrected chi connectivity index (χ2v) is 8.39. The van der Waals surface area contributed by atoms with Crippen LogP contribution in [-0.4, -0.2) is 55.6 Å².